The molecule has 0 saturated heterocycles. The summed E-state index contributed by atoms with van der Waals surface area (Å²) in [6, 6.07) is 9.95. The molecule has 0 aliphatic rings. The molecule has 0 aliphatic heterocycles. The van der Waals surface area contributed by atoms with Gasteiger partial charge >= 0.3 is 12.4 Å². The summed E-state index contributed by atoms with van der Waals surface area (Å²) in [5.41, 5.74) is -0.369. The average Bonchev–Trinajstić information content (AvgIpc) is 2.60. The van der Waals surface area contributed by atoms with Crippen molar-refractivity contribution in [2.45, 2.75) is 64.2 Å². The monoisotopic (exact) mass is 402 g/mol. The summed E-state index contributed by atoms with van der Waals surface area (Å²) in [6.07, 6.45) is -7.40. The fourth-order valence-electron chi connectivity index (χ4n) is 3.23. The molecule has 2 aromatic carbocycles. The van der Waals surface area contributed by atoms with Crippen molar-refractivity contribution in [1.82, 2.24) is 0 Å². The van der Waals surface area contributed by atoms with Crippen molar-refractivity contribution in [2.75, 3.05) is 0 Å². The lowest BCUT2D eigenvalue weighted by atomic mass is 9.79. The minimum Gasteiger partial charge on any atom is -0.166 e. The van der Waals surface area contributed by atoms with E-state index < -0.39 is 23.5 Å². The molecular formula is C22H24F6. The minimum absolute atomic E-state index is 0.0549. The third-order valence-corrected chi connectivity index (χ3v) is 5.06. The van der Waals surface area contributed by atoms with Gasteiger partial charge in [-0.25, -0.2) is 0 Å². The summed E-state index contributed by atoms with van der Waals surface area (Å²) < 4.78 is 77.8. The molecule has 0 heterocycles. The van der Waals surface area contributed by atoms with Crippen molar-refractivity contribution in [1.29, 1.82) is 0 Å². The number of aryl methyl sites for hydroxylation is 2. The van der Waals surface area contributed by atoms with Gasteiger partial charge in [0.1, 0.15) is 0 Å². The van der Waals surface area contributed by atoms with E-state index in [4.69, 9.17) is 0 Å². The van der Waals surface area contributed by atoms with Crippen LogP contribution in [0, 0.1) is 0 Å². The Labute approximate surface area is 161 Å². The Morgan fingerprint density at radius 3 is 1.61 bits per heavy atom. The minimum atomic E-state index is -4.81. The quantitative estimate of drug-likeness (QED) is 0.437. The second kappa shape index (κ2) is 8.18. The number of benzene rings is 2. The Morgan fingerprint density at radius 1 is 0.679 bits per heavy atom. The van der Waals surface area contributed by atoms with Crippen LogP contribution >= 0.6 is 0 Å². The zero-order chi connectivity index (χ0) is 21.2. The van der Waals surface area contributed by atoms with Gasteiger partial charge in [-0.05, 0) is 66.0 Å². The SMILES string of the molecule is CCc1ccc(C(C)(C)CCCc2cc(C(F)(F)F)cc(C(F)(F)F)c2)cc1. The van der Waals surface area contributed by atoms with Gasteiger partial charge < -0.3 is 0 Å². The molecule has 6 heteroatoms. The fraction of sp³-hybridized carbons (Fsp3) is 0.455. The maximum atomic E-state index is 13.0. The second-order valence-electron chi connectivity index (χ2n) is 7.70. The summed E-state index contributed by atoms with van der Waals surface area (Å²) in [4.78, 5) is 0. The van der Waals surface area contributed by atoms with Crippen LogP contribution in [0.1, 0.15) is 61.4 Å². The van der Waals surface area contributed by atoms with E-state index in [0.29, 0.717) is 12.8 Å². The van der Waals surface area contributed by atoms with Crippen LogP contribution in [0.5, 0.6) is 0 Å². The van der Waals surface area contributed by atoms with Crippen molar-refractivity contribution in [2.24, 2.45) is 0 Å². The average molecular weight is 402 g/mol. The molecule has 0 radical (unpaired) electrons. The largest absolute Gasteiger partial charge is 0.416 e. The molecule has 0 nitrogen and oxygen atoms in total. The van der Waals surface area contributed by atoms with E-state index in [1.807, 2.05) is 38.1 Å². The maximum absolute atomic E-state index is 13.0. The molecule has 0 amide bonds. The zero-order valence-corrected chi connectivity index (χ0v) is 16.1. The molecule has 2 rings (SSSR count). The van der Waals surface area contributed by atoms with Crippen LogP contribution in [0.3, 0.4) is 0 Å². The van der Waals surface area contributed by atoms with Crippen molar-refractivity contribution in [3.63, 3.8) is 0 Å². The first-order valence-corrected chi connectivity index (χ1v) is 9.21. The molecular weight excluding hydrogens is 378 g/mol. The normalized spacial score (nSPS) is 13.0. The number of hydrogen-bond donors (Lipinski definition) is 0. The first-order chi connectivity index (χ1) is 12.8. The zero-order valence-electron chi connectivity index (χ0n) is 16.1. The van der Waals surface area contributed by atoms with Crippen molar-refractivity contribution in [3.05, 3.63) is 70.3 Å². The van der Waals surface area contributed by atoms with Crippen LogP contribution in [0.25, 0.3) is 0 Å². The van der Waals surface area contributed by atoms with Crippen LogP contribution in [-0.4, -0.2) is 0 Å². The van der Waals surface area contributed by atoms with Gasteiger partial charge in [-0.3, -0.25) is 0 Å². The topological polar surface area (TPSA) is 0 Å². The van der Waals surface area contributed by atoms with E-state index in [9.17, 15) is 26.3 Å². The standard InChI is InChI=1S/C22H24F6/c1-4-15-7-9-17(10-8-15)20(2,3)11-5-6-16-12-18(21(23,24)25)14-19(13-16)22(26,27)28/h7-10,12-14H,4-6,11H2,1-3H3. The highest BCUT2D eigenvalue weighted by Gasteiger charge is 2.36. The molecule has 28 heavy (non-hydrogen) atoms. The molecule has 154 valence electrons. The van der Waals surface area contributed by atoms with Crippen molar-refractivity contribution in [3.8, 4) is 0 Å². The predicted molar refractivity (Wildman–Crippen MR) is 98.2 cm³/mol. The molecule has 0 aliphatic carbocycles. The number of halogens is 6. The lowest BCUT2D eigenvalue weighted by molar-refractivity contribution is -0.143. The first-order valence-electron chi connectivity index (χ1n) is 9.21. The summed E-state index contributed by atoms with van der Waals surface area (Å²) in [7, 11) is 0. The third-order valence-electron chi connectivity index (χ3n) is 5.06. The first kappa shape index (κ1) is 22.3. The Bertz CT molecular complexity index is 750. The van der Waals surface area contributed by atoms with E-state index in [0.717, 1.165) is 24.1 Å². The van der Waals surface area contributed by atoms with Gasteiger partial charge in [0.2, 0.25) is 0 Å². The highest BCUT2D eigenvalue weighted by molar-refractivity contribution is 5.34. The fourth-order valence-corrected chi connectivity index (χ4v) is 3.23. The summed E-state index contributed by atoms with van der Waals surface area (Å²) in [5.74, 6) is 0. The van der Waals surface area contributed by atoms with Gasteiger partial charge in [0.05, 0.1) is 11.1 Å². The lowest BCUT2D eigenvalue weighted by Crippen LogP contribution is -2.17. The lowest BCUT2D eigenvalue weighted by Gasteiger charge is -2.26. The third kappa shape index (κ3) is 5.76. The van der Waals surface area contributed by atoms with Crippen LogP contribution in [0.2, 0.25) is 0 Å². The summed E-state index contributed by atoms with van der Waals surface area (Å²) in [6.45, 7) is 6.12. The molecule has 0 N–H and O–H groups in total. The Hall–Kier alpha value is -1.98. The van der Waals surface area contributed by atoms with Gasteiger partial charge in [-0.2, -0.15) is 26.3 Å². The van der Waals surface area contributed by atoms with Gasteiger partial charge in [0.15, 0.2) is 0 Å². The highest BCUT2D eigenvalue weighted by atomic mass is 19.4. The Balaban J connectivity index is 2.14. The second-order valence-corrected chi connectivity index (χ2v) is 7.70. The predicted octanol–water partition coefficient (Wildman–Crippen LogP) is 7.59. The van der Waals surface area contributed by atoms with Crippen molar-refractivity contribution < 1.29 is 26.3 Å². The van der Waals surface area contributed by atoms with E-state index in [2.05, 4.69) is 6.92 Å². The number of hydrogen-bond acceptors (Lipinski definition) is 0. The Kier molecular flexibility index (Phi) is 6.51. The molecule has 0 atom stereocenters. The van der Waals surface area contributed by atoms with Crippen LogP contribution in [0.4, 0.5) is 26.3 Å². The van der Waals surface area contributed by atoms with Crippen LogP contribution in [0.15, 0.2) is 42.5 Å². The highest BCUT2D eigenvalue weighted by Crippen LogP contribution is 2.37. The molecule has 0 aromatic heterocycles. The summed E-state index contributed by atoms with van der Waals surface area (Å²) >= 11 is 0. The molecule has 2 aromatic rings. The van der Waals surface area contributed by atoms with Gasteiger partial charge in [-0.15, -0.1) is 0 Å². The van der Waals surface area contributed by atoms with E-state index >= 15 is 0 Å². The van der Waals surface area contributed by atoms with Crippen LogP contribution in [-0.2, 0) is 30.6 Å². The number of alkyl halides is 6. The maximum Gasteiger partial charge on any atom is 0.416 e. The molecule has 0 bridgehead atoms. The molecule has 0 unspecified atom stereocenters. The molecule has 0 saturated carbocycles. The van der Waals surface area contributed by atoms with E-state index in [-0.39, 0.29) is 23.5 Å². The smallest absolute Gasteiger partial charge is 0.166 e. The number of rotatable bonds is 6. The summed E-state index contributed by atoms with van der Waals surface area (Å²) in [5, 5.41) is 0. The van der Waals surface area contributed by atoms with Crippen molar-refractivity contribution >= 4 is 0 Å². The van der Waals surface area contributed by atoms with Gasteiger partial charge in [0.25, 0.3) is 0 Å². The van der Waals surface area contributed by atoms with Gasteiger partial charge in [-0.1, -0.05) is 45.0 Å². The molecule has 0 spiro atoms. The molecule has 0 fully saturated rings. The van der Waals surface area contributed by atoms with E-state index in [1.54, 1.807) is 0 Å². The van der Waals surface area contributed by atoms with Gasteiger partial charge in [0, 0.05) is 0 Å². The Morgan fingerprint density at radius 2 is 1.18 bits per heavy atom. The van der Waals surface area contributed by atoms with E-state index in [1.165, 1.54) is 5.56 Å². The van der Waals surface area contributed by atoms with Crippen LogP contribution < -0.4 is 0 Å².